The van der Waals surface area contributed by atoms with Crippen molar-refractivity contribution in [2.45, 2.75) is 44.7 Å². The van der Waals surface area contributed by atoms with Gasteiger partial charge in [0.1, 0.15) is 12.6 Å². The van der Waals surface area contributed by atoms with Gasteiger partial charge in [-0.2, -0.15) is 0 Å². The number of aryl methyl sites for hydroxylation is 1. The van der Waals surface area contributed by atoms with E-state index < -0.39 is 28.5 Å². The number of sulfonamides is 1. The van der Waals surface area contributed by atoms with Crippen molar-refractivity contribution in [3.05, 3.63) is 95.0 Å². The molecule has 196 valence electrons. The standard InChI is InChI=1S/C28H32ClN3O4S/c1-4-18-30-28(34)22(3)31(19-23-13-9-10-16-25(23)29)27(33)20-32(26-17-11-8-12-21(26)2)37(35,36)24-14-6-5-7-15-24/h5-17,22H,4,18-20H2,1-3H3,(H,30,34). The van der Waals surface area contributed by atoms with Crippen molar-refractivity contribution in [3.8, 4) is 0 Å². The van der Waals surface area contributed by atoms with Gasteiger partial charge >= 0.3 is 0 Å². The first kappa shape index (κ1) is 28.2. The van der Waals surface area contributed by atoms with Gasteiger partial charge in [-0.25, -0.2) is 8.42 Å². The lowest BCUT2D eigenvalue weighted by Crippen LogP contribution is -2.51. The summed E-state index contributed by atoms with van der Waals surface area (Å²) in [5.41, 5.74) is 1.74. The highest BCUT2D eigenvalue weighted by Gasteiger charge is 2.33. The van der Waals surface area contributed by atoms with Gasteiger partial charge in [-0.05, 0) is 55.7 Å². The first-order valence-corrected chi connectivity index (χ1v) is 13.9. The van der Waals surface area contributed by atoms with Crippen molar-refractivity contribution in [1.29, 1.82) is 0 Å². The Balaban J connectivity index is 2.03. The molecule has 3 rings (SSSR count). The molecule has 0 aliphatic heterocycles. The van der Waals surface area contributed by atoms with Gasteiger partial charge in [0.15, 0.2) is 0 Å². The third-order valence-corrected chi connectivity index (χ3v) is 8.15. The number of carbonyl (C=O) groups is 2. The van der Waals surface area contributed by atoms with Crippen molar-refractivity contribution in [2.24, 2.45) is 0 Å². The predicted molar refractivity (Wildman–Crippen MR) is 147 cm³/mol. The Morgan fingerprint density at radius 2 is 1.57 bits per heavy atom. The third-order valence-electron chi connectivity index (χ3n) is 6.01. The molecule has 0 saturated carbocycles. The van der Waals surface area contributed by atoms with E-state index in [1.54, 1.807) is 80.6 Å². The molecule has 0 radical (unpaired) electrons. The summed E-state index contributed by atoms with van der Waals surface area (Å²) in [5, 5.41) is 3.27. The Kier molecular flexibility index (Phi) is 9.72. The predicted octanol–water partition coefficient (Wildman–Crippen LogP) is 4.79. The fourth-order valence-corrected chi connectivity index (χ4v) is 5.56. The molecule has 0 aromatic heterocycles. The van der Waals surface area contributed by atoms with Crippen molar-refractivity contribution in [2.75, 3.05) is 17.4 Å². The molecule has 0 spiro atoms. The monoisotopic (exact) mass is 541 g/mol. The average molecular weight is 542 g/mol. The zero-order valence-electron chi connectivity index (χ0n) is 21.2. The lowest BCUT2D eigenvalue weighted by atomic mass is 10.1. The van der Waals surface area contributed by atoms with Crippen LogP contribution in [0.15, 0.2) is 83.8 Å². The summed E-state index contributed by atoms with van der Waals surface area (Å²) in [4.78, 5) is 28.2. The van der Waals surface area contributed by atoms with E-state index in [0.29, 0.717) is 28.4 Å². The summed E-state index contributed by atoms with van der Waals surface area (Å²) < 4.78 is 28.6. The molecule has 0 fully saturated rings. The minimum atomic E-state index is -4.09. The van der Waals surface area contributed by atoms with E-state index in [1.165, 1.54) is 17.0 Å². The van der Waals surface area contributed by atoms with E-state index in [9.17, 15) is 18.0 Å². The normalized spacial score (nSPS) is 12.0. The molecule has 3 aromatic carbocycles. The van der Waals surface area contributed by atoms with Crippen LogP contribution in [0.2, 0.25) is 5.02 Å². The number of anilines is 1. The first-order chi connectivity index (χ1) is 17.7. The van der Waals surface area contributed by atoms with Crippen LogP contribution in [0.3, 0.4) is 0 Å². The number of benzene rings is 3. The van der Waals surface area contributed by atoms with Crippen molar-refractivity contribution >= 4 is 39.1 Å². The average Bonchev–Trinajstić information content (AvgIpc) is 2.90. The molecule has 0 heterocycles. The van der Waals surface area contributed by atoms with E-state index in [-0.39, 0.29) is 17.3 Å². The van der Waals surface area contributed by atoms with Crippen LogP contribution in [0.25, 0.3) is 0 Å². The molecule has 0 aliphatic carbocycles. The fraction of sp³-hybridized carbons (Fsp3) is 0.286. The van der Waals surface area contributed by atoms with Gasteiger partial charge in [-0.15, -0.1) is 0 Å². The smallest absolute Gasteiger partial charge is 0.264 e. The summed E-state index contributed by atoms with van der Waals surface area (Å²) in [6, 6.07) is 21.2. The van der Waals surface area contributed by atoms with Gasteiger partial charge in [-0.3, -0.25) is 13.9 Å². The Morgan fingerprint density at radius 3 is 2.22 bits per heavy atom. The number of carbonyl (C=O) groups excluding carboxylic acids is 2. The number of rotatable bonds is 11. The molecule has 3 aromatic rings. The lowest BCUT2D eigenvalue weighted by molar-refractivity contribution is -0.139. The number of nitrogens with one attached hydrogen (secondary N) is 1. The number of hydrogen-bond acceptors (Lipinski definition) is 4. The Labute approximate surface area is 224 Å². The Hall–Kier alpha value is -3.36. The van der Waals surface area contributed by atoms with Crippen LogP contribution in [0.1, 0.15) is 31.4 Å². The molecule has 7 nitrogen and oxygen atoms in total. The van der Waals surface area contributed by atoms with Crippen LogP contribution < -0.4 is 9.62 Å². The molecule has 0 aliphatic rings. The Morgan fingerprint density at radius 1 is 0.946 bits per heavy atom. The highest BCUT2D eigenvalue weighted by atomic mass is 35.5. The van der Waals surface area contributed by atoms with Crippen LogP contribution in [0.5, 0.6) is 0 Å². The van der Waals surface area contributed by atoms with E-state index >= 15 is 0 Å². The second-order valence-electron chi connectivity index (χ2n) is 8.69. The number of para-hydroxylation sites is 1. The number of halogens is 1. The van der Waals surface area contributed by atoms with E-state index in [1.807, 2.05) is 6.92 Å². The van der Waals surface area contributed by atoms with E-state index in [2.05, 4.69) is 5.32 Å². The first-order valence-electron chi connectivity index (χ1n) is 12.1. The maximum atomic E-state index is 13.8. The molecular weight excluding hydrogens is 510 g/mol. The van der Waals surface area contributed by atoms with Crippen LogP contribution in [-0.4, -0.2) is 44.3 Å². The summed E-state index contributed by atoms with van der Waals surface area (Å²) in [6.45, 7) is 5.38. The lowest BCUT2D eigenvalue weighted by Gasteiger charge is -2.32. The molecule has 37 heavy (non-hydrogen) atoms. The minimum Gasteiger partial charge on any atom is -0.354 e. The molecule has 2 amide bonds. The molecule has 1 unspecified atom stereocenters. The largest absolute Gasteiger partial charge is 0.354 e. The van der Waals surface area contributed by atoms with Crippen LogP contribution >= 0.6 is 11.6 Å². The topological polar surface area (TPSA) is 86.8 Å². The van der Waals surface area contributed by atoms with E-state index in [4.69, 9.17) is 11.6 Å². The summed E-state index contributed by atoms with van der Waals surface area (Å²) in [6.07, 6.45) is 0.743. The molecule has 0 saturated heterocycles. The summed E-state index contributed by atoms with van der Waals surface area (Å²) >= 11 is 6.37. The molecule has 1 N–H and O–H groups in total. The van der Waals surface area contributed by atoms with Crippen molar-refractivity contribution < 1.29 is 18.0 Å². The second kappa shape index (κ2) is 12.7. The molecule has 1 atom stereocenters. The zero-order chi connectivity index (χ0) is 27.0. The summed E-state index contributed by atoms with van der Waals surface area (Å²) in [5.74, 6) is -0.850. The maximum Gasteiger partial charge on any atom is 0.264 e. The van der Waals surface area contributed by atoms with Crippen LogP contribution in [-0.2, 0) is 26.2 Å². The van der Waals surface area contributed by atoms with E-state index in [0.717, 1.165) is 10.7 Å². The van der Waals surface area contributed by atoms with Crippen molar-refractivity contribution in [1.82, 2.24) is 10.2 Å². The van der Waals surface area contributed by atoms with Crippen molar-refractivity contribution in [3.63, 3.8) is 0 Å². The zero-order valence-corrected chi connectivity index (χ0v) is 22.8. The number of amides is 2. The molecule has 0 bridgehead atoms. The van der Waals surface area contributed by atoms with Crippen LogP contribution in [0, 0.1) is 6.92 Å². The van der Waals surface area contributed by atoms with Gasteiger partial charge in [0.25, 0.3) is 10.0 Å². The maximum absolute atomic E-state index is 13.8. The van der Waals surface area contributed by atoms with Gasteiger partial charge in [0.2, 0.25) is 11.8 Å². The minimum absolute atomic E-state index is 0.0478. The van der Waals surface area contributed by atoms with Gasteiger partial charge < -0.3 is 10.2 Å². The quantitative estimate of drug-likeness (QED) is 0.378. The SMILES string of the molecule is CCCNC(=O)C(C)N(Cc1ccccc1Cl)C(=O)CN(c1ccccc1C)S(=O)(=O)c1ccccc1. The number of nitrogens with zero attached hydrogens (tertiary/aromatic N) is 2. The van der Waals surface area contributed by atoms with Crippen LogP contribution in [0.4, 0.5) is 5.69 Å². The van der Waals surface area contributed by atoms with Gasteiger partial charge in [0, 0.05) is 18.1 Å². The number of hydrogen-bond donors (Lipinski definition) is 1. The second-order valence-corrected chi connectivity index (χ2v) is 11.0. The summed E-state index contributed by atoms with van der Waals surface area (Å²) in [7, 11) is -4.09. The van der Waals surface area contributed by atoms with Gasteiger partial charge in [0.05, 0.1) is 10.6 Å². The fourth-order valence-electron chi connectivity index (χ4n) is 3.86. The highest BCUT2D eigenvalue weighted by Crippen LogP contribution is 2.27. The molecule has 9 heteroatoms. The molecular formula is C28H32ClN3O4S. The highest BCUT2D eigenvalue weighted by molar-refractivity contribution is 7.92. The Bertz CT molecular complexity index is 1330. The van der Waals surface area contributed by atoms with Gasteiger partial charge in [-0.1, -0.05) is 73.1 Å². The third kappa shape index (κ3) is 6.90.